The Bertz CT molecular complexity index is 532. The van der Waals surface area contributed by atoms with Gasteiger partial charge in [0.15, 0.2) is 0 Å². The monoisotopic (exact) mass is 494 g/mol. The Labute approximate surface area is 217 Å². The van der Waals surface area contributed by atoms with E-state index in [4.69, 9.17) is 9.84 Å². The third-order valence-corrected chi connectivity index (χ3v) is 8.22. The van der Waals surface area contributed by atoms with Gasteiger partial charge in [-0.3, -0.25) is 9.59 Å². The molecule has 1 rings (SSSR count). The highest BCUT2D eigenvalue weighted by Crippen LogP contribution is 2.41. The third-order valence-electron chi connectivity index (χ3n) is 8.22. The summed E-state index contributed by atoms with van der Waals surface area (Å²) in [6.45, 7) is 6.87. The fourth-order valence-electron chi connectivity index (χ4n) is 5.93. The Balaban J connectivity index is 2.57. The second kappa shape index (κ2) is 21.1. The molecule has 0 radical (unpaired) electrons. The highest BCUT2D eigenvalue weighted by atomic mass is 16.5. The van der Waals surface area contributed by atoms with Gasteiger partial charge in [-0.2, -0.15) is 0 Å². The summed E-state index contributed by atoms with van der Waals surface area (Å²) in [7, 11) is 0. The number of carbonyl (C=O) groups is 2. The number of hydrogen-bond acceptors (Lipinski definition) is 3. The van der Waals surface area contributed by atoms with Crippen LogP contribution in [0.1, 0.15) is 162 Å². The van der Waals surface area contributed by atoms with Crippen LogP contribution in [0, 0.1) is 17.8 Å². The van der Waals surface area contributed by atoms with Gasteiger partial charge in [-0.15, -0.1) is 0 Å². The van der Waals surface area contributed by atoms with Crippen molar-refractivity contribution in [2.45, 2.75) is 168 Å². The molecule has 0 aromatic carbocycles. The molecule has 4 heteroatoms. The molecule has 35 heavy (non-hydrogen) atoms. The number of esters is 1. The molecule has 4 atom stereocenters. The van der Waals surface area contributed by atoms with E-state index < -0.39 is 5.97 Å². The third kappa shape index (κ3) is 15.6. The zero-order valence-electron chi connectivity index (χ0n) is 23.5. The molecule has 1 aliphatic carbocycles. The van der Waals surface area contributed by atoms with E-state index in [9.17, 15) is 9.59 Å². The predicted octanol–water partition coefficient (Wildman–Crippen LogP) is 9.49. The molecule has 0 bridgehead atoms. The summed E-state index contributed by atoms with van der Waals surface area (Å²) in [5.41, 5.74) is 0. The minimum Gasteiger partial charge on any atom is -0.481 e. The van der Waals surface area contributed by atoms with Crippen molar-refractivity contribution in [1.82, 2.24) is 0 Å². The molecule has 0 heterocycles. The molecule has 4 unspecified atom stereocenters. The first-order valence-corrected chi connectivity index (χ1v) is 15.4. The lowest BCUT2D eigenvalue weighted by molar-refractivity contribution is -0.160. The Kier molecular flexibility index (Phi) is 19.2. The molecule has 4 nitrogen and oxygen atoms in total. The molecule has 0 aliphatic heterocycles. The van der Waals surface area contributed by atoms with Gasteiger partial charge in [0.2, 0.25) is 0 Å². The largest absolute Gasteiger partial charge is 0.481 e. The second-order valence-corrected chi connectivity index (χ2v) is 11.4. The van der Waals surface area contributed by atoms with Crippen LogP contribution in [0.3, 0.4) is 0 Å². The number of aliphatic carboxylic acids is 1. The van der Waals surface area contributed by atoms with E-state index in [1.807, 2.05) is 0 Å². The number of rotatable bonds is 22. The van der Waals surface area contributed by atoms with Crippen molar-refractivity contribution in [1.29, 1.82) is 0 Å². The van der Waals surface area contributed by atoms with Crippen molar-refractivity contribution in [3.63, 3.8) is 0 Å². The van der Waals surface area contributed by atoms with Crippen molar-refractivity contribution >= 4 is 11.9 Å². The lowest BCUT2D eigenvalue weighted by atomic mass is 9.69. The first-order valence-electron chi connectivity index (χ1n) is 15.4. The van der Waals surface area contributed by atoms with Crippen LogP contribution in [0.25, 0.3) is 0 Å². The number of ether oxygens (including phenoxy) is 1. The Hall–Kier alpha value is -1.06. The number of carbonyl (C=O) groups excluding carboxylic acids is 1. The van der Waals surface area contributed by atoms with Gasteiger partial charge < -0.3 is 9.84 Å². The fraction of sp³-hybridized carbons (Fsp3) is 0.935. The fourth-order valence-corrected chi connectivity index (χ4v) is 5.93. The van der Waals surface area contributed by atoms with E-state index in [0.717, 1.165) is 44.9 Å². The molecule has 0 amide bonds. The van der Waals surface area contributed by atoms with Crippen LogP contribution in [0.5, 0.6) is 0 Å². The summed E-state index contributed by atoms with van der Waals surface area (Å²) in [6.07, 6.45) is 24.7. The van der Waals surface area contributed by atoms with Gasteiger partial charge in [0.1, 0.15) is 6.10 Å². The van der Waals surface area contributed by atoms with Crippen molar-refractivity contribution in [2.75, 3.05) is 0 Å². The number of carboxylic acid groups (broad SMARTS) is 1. The van der Waals surface area contributed by atoms with Gasteiger partial charge >= 0.3 is 11.9 Å². The van der Waals surface area contributed by atoms with Crippen LogP contribution in [0.4, 0.5) is 0 Å². The summed E-state index contributed by atoms with van der Waals surface area (Å²) >= 11 is 0. The highest BCUT2D eigenvalue weighted by molar-refractivity contribution is 5.69. The minimum atomic E-state index is -0.687. The zero-order chi connectivity index (χ0) is 25.7. The summed E-state index contributed by atoms with van der Waals surface area (Å²) in [5, 5.41) is 8.80. The molecule has 1 saturated carbocycles. The van der Waals surface area contributed by atoms with Gasteiger partial charge in [-0.05, 0) is 56.3 Å². The molecule has 206 valence electrons. The predicted molar refractivity (Wildman–Crippen MR) is 147 cm³/mol. The van der Waals surface area contributed by atoms with Crippen molar-refractivity contribution in [2.24, 2.45) is 17.8 Å². The van der Waals surface area contributed by atoms with Gasteiger partial charge in [-0.25, -0.2) is 0 Å². The lowest BCUT2D eigenvalue weighted by Gasteiger charge is -2.42. The van der Waals surface area contributed by atoms with Crippen LogP contribution in [-0.2, 0) is 14.3 Å². The summed E-state index contributed by atoms with van der Waals surface area (Å²) in [5.74, 6) is 0.999. The van der Waals surface area contributed by atoms with Crippen LogP contribution in [0.15, 0.2) is 0 Å². The van der Waals surface area contributed by atoms with Crippen molar-refractivity contribution in [3.8, 4) is 0 Å². The minimum absolute atomic E-state index is 0.0345. The van der Waals surface area contributed by atoms with E-state index in [1.54, 1.807) is 0 Å². The topological polar surface area (TPSA) is 63.6 Å². The van der Waals surface area contributed by atoms with Crippen LogP contribution in [0.2, 0.25) is 0 Å². The van der Waals surface area contributed by atoms with Crippen LogP contribution in [-0.4, -0.2) is 23.1 Å². The maximum absolute atomic E-state index is 12.8. The molecule has 1 N–H and O–H groups in total. The number of unbranched alkanes of at least 4 members (excludes halogenated alkanes) is 13. The van der Waals surface area contributed by atoms with Gasteiger partial charge in [0.25, 0.3) is 0 Å². The lowest BCUT2D eigenvalue weighted by Crippen LogP contribution is -2.41. The van der Waals surface area contributed by atoms with Gasteiger partial charge in [0.05, 0.1) is 0 Å². The Morgan fingerprint density at radius 1 is 0.686 bits per heavy atom. The zero-order valence-corrected chi connectivity index (χ0v) is 23.5. The molecule has 1 aliphatic rings. The Morgan fingerprint density at radius 2 is 1.20 bits per heavy atom. The van der Waals surface area contributed by atoms with E-state index >= 15 is 0 Å². The van der Waals surface area contributed by atoms with Crippen LogP contribution < -0.4 is 0 Å². The first-order chi connectivity index (χ1) is 17.0. The molecule has 1 fully saturated rings. The van der Waals surface area contributed by atoms with Crippen molar-refractivity contribution < 1.29 is 19.4 Å². The number of hydrogen-bond donors (Lipinski definition) is 1. The summed E-state index contributed by atoms with van der Waals surface area (Å²) in [6, 6.07) is 0. The summed E-state index contributed by atoms with van der Waals surface area (Å²) in [4.78, 5) is 23.5. The first kappa shape index (κ1) is 32.0. The molecule has 0 aromatic heterocycles. The van der Waals surface area contributed by atoms with Crippen LogP contribution >= 0.6 is 0 Å². The quantitative estimate of drug-likeness (QED) is 0.120. The average molecular weight is 495 g/mol. The highest BCUT2D eigenvalue weighted by Gasteiger charge is 2.39. The maximum atomic E-state index is 12.8. The van der Waals surface area contributed by atoms with E-state index in [2.05, 4.69) is 20.8 Å². The smallest absolute Gasteiger partial charge is 0.306 e. The van der Waals surface area contributed by atoms with Gasteiger partial charge in [-0.1, -0.05) is 111 Å². The Morgan fingerprint density at radius 3 is 1.80 bits per heavy atom. The maximum Gasteiger partial charge on any atom is 0.306 e. The molecular weight excluding hydrogens is 436 g/mol. The second-order valence-electron chi connectivity index (χ2n) is 11.4. The normalized spacial score (nSPS) is 22.3. The van der Waals surface area contributed by atoms with Crippen molar-refractivity contribution in [3.05, 3.63) is 0 Å². The number of carboxylic acids is 1. The van der Waals surface area contributed by atoms with E-state index in [-0.39, 0.29) is 18.5 Å². The molecular formula is C31H58O4. The van der Waals surface area contributed by atoms with E-state index in [0.29, 0.717) is 24.2 Å². The SMILES string of the molecule is CCCCCCCCC1C(C)CCC(CCCCCCCC(=O)O)C1OC(=O)CCCCCCC. The molecule has 0 aromatic rings. The average Bonchev–Trinajstić information content (AvgIpc) is 2.83. The van der Waals surface area contributed by atoms with E-state index in [1.165, 1.54) is 83.5 Å². The molecule has 0 spiro atoms. The molecule has 0 saturated heterocycles. The standard InChI is InChI=1S/C31H58O4/c1-4-6-8-10-14-17-21-28-26(3)24-25-27(20-16-13-11-15-18-22-29(32)33)31(28)35-30(34)23-19-12-9-7-5-2/h26-28,31H,4-25H2,1-3H3,(H,32,33). The van der Waals surface area contributed by atoms with Gasteiger partial charge in [0, 0.05) is 12.8 Å². The summed E-state index contributed by atoms with van der Waals surface area (Å²) < 4.78 is 6.31.